The van der Waals surface area contributed by atoms with Gasteiger partial charge in [0.15, 0.2) is 8.32 Å². The van der Waals surface area contributed by atoms with Crippen LogP contribution in [0.25, 0.3) is 0 Å². The first-order valence-electron chi connectivity index (χ1n) is 7.51. The first kappa shape index (κ1) is 19.4. The minimum absolute atomic E-state index is 0.0605. The summed E-state index contributed by atoms with van der Waals surface area (Å²) < 4.78 is 11.3. The third-order valence-corrected chi connectivity index (χ3v) is 8.28. The highest BCUT2D eigenvalue weighted by molar-refractivity contribution is 6.74. The Morgan fingerprint density at radius 3 is 2.20 bits per heavy atom. The molecule has 0 unspecified atom stereocenters. The van der Waals surface area contributed by atoms with E-state index >= 15 is 0 Å². The Balaban J connectivity index is 4.68. The number of carbonyl (C=O) groups is 1. The third kappa shape index (κ3) is 6.71. The van der Waals surface area contributed by atoms with Crippen LogP contribution in [0.3, 0.4) is 0 Å². The van der Waals surface area contributed by atoms with Crippen molar-refractivity contribution < 1.29 is 14.0 Å². The molecular weight excluding hydrogens is 268 g/mol. The van der Waals surface area contributed by atoms with Crippen molar-refractivity contribution in [3.63, 3.8) is 0 Å². The summed E-state index contributed by atoms with van der Waals surface area (Å²) in [7, 11) is -1.79. The van der Waals surface area contributed by atoms with E-state index in [2.05, 4.69) is 47.7 Å². The summed E-state index contributed by atoms with van der Waals surface area (Å²) in [4.78, 5) is 11.3. The molecule has 0 heterocycles. The number of hydrogen-bond acceptors (Lipinski definition) is 3. The maximum absolute atomic E-state index is 11.3. The molecule has 0 rings (SSSR count). The molecule has 4 heteroatoms. The van der Waals surface area contributed by atoms with E-state index in [0.717, 1.165) is 0 Å². The highest BCUT2D eigenvalue weighted by Crippen LogP contribution is 2.38. The summed E-state index contributed by atoms with van der Waals surface area (Å²) in [6.45, 7) is 17.7. The van der Waals surface area contributed by atoms with Crippen molar-refractivity contribution in [1.29, 1.82) is 0 Å². The summed E-state index contributed by atoms with van der Waals surface area (Å²) in [5.74, 6) is 0.209. The van der Waals surface area contributed by atoms with E-state index in [1.165, 1.54) is 0 Å². The van der Waals surface area contributed by atoms with Gasteiger partial charge in [0, 0.05) is 0 Å². The lowest BCUT2D eigenvalue weighted by Gasteiger charge is -2.39. The lowest BCUT2D eigenvalue weighted by Crippen LogP contribution is -2.44. The molecule has 0 aliphatic carbocycles. The van der Waals surface area contributed by atoms with Crippen molar-refractivity contribution >= 4 is 14.3 Å². The Bertz CT molecular complexity index is 327. The molecule has 118 valence electrons. The van der Waals surface area contributed by atoms with Gasteiger partial charge >= 0.3 is 5.97 Å². The number of rotatable bonds is 7. The van der Waals surface area contributed by atoms with Gasteiger partial charge in [-0.25, -0.2) is 0 Å². The molecular formula is C16H32O3Si. The maximum Gasteiger partial charge on any atom is 0.309 e. The van der Waals surface area contributed by atoms with E-state index in [0.29, 0.717) is 18.9 Å². The first-order valence-corrected chi connectivity index (χ1v) is 10.4. The van der Waals surface area contributed by atoms with Crippen LogP contribution in [0.2, 0.25) is 18.1 Å². The Morgan fingerprint density at radius 2 is 1.80 bits per heavy atom. The van der Waals surface area contributed by atoms with Crippen LogP contribution >= 0.6 is 0 Å². The standard InChI is InChI=1S/C16H32O3Si/c1-9-18-15(17)12-10-11-14(13(2)3)19-20(7,8)16(4,5)6/h10-11,13-14H,9,12H2,1-8H3/b11-10+/t14-/m1/s1. The highest BCUT2D eigenvalue weighted by Gasteiger charge is 2.39. The molecule has 0 aliphatic rings. The zero-order chi connectivity index (χ0) is 16.0. The van der Waals surface area contributed by atoms with E-state index in [1.54, 1.807) is 0 Å². The Morgan fingerprint density at radius 1 is 1.25 bits per heavy atom. The Kier molecular flexibility index (Phi) is 7.74. The fourth-order valence-corrected chi connectivity index (χ4v) is 2.82. The van der Waals surface area contributed by atoms with Gasteiger partial charge in [0.25, 0.3) is 0 Å². The summed E-state index contributed by atoms with van der Waals surface area (Å²) in [6, 6.07) is 0. The Hall–Kier alpha value is -0.613. The fourth-order valence-electron chi connectivity index (χ4n) is 1.43. The van der Waals surface area contributed by atoms with Crippen LogP contribution in [0.15, 0.2) is 12.2 Å². The van der Waals surface area contributed by atoms with Crippen molar-refractivity contribution in [3.8, 4) is 0 Å². The number of esters is 1. The van der Waals surface area contributed by atoms with Gasteiger partial charge in [0.2, 0.25) is 0 Å². The molecule has 0 N–H and O–H groups in total. The normalized spacial score (nSPS) is 14.8. The van der Waals surface area contributed by atoms with Gasteiger partial charge in [-0.2, -0.15) is 0 Å². The van der Waals surface area contributed by atoms with Crippen LogP contribution in [0, 0.1) is 5.92 Å². The monoisotopic (exact) mass is 300 g/mol. The predicted octanol–water partition coefficient (Wildman–Crippen LogP) is 4.54. The molecule has 0 aliphatic heterocycles. The molecule has 0 aromatic heterocycles. The van der Waals surface area contributed by atoms with Gasteiger partial charge in [-0.15, -0.1) is 0 Å². The highest BCUT2D eigenvalue weighted by atomic mass is 28.4. The van der Waals surface area contributed by atoms with Crippen LogP contribution < -0.4 is 0 Å². The van der Waals surface area contributed by atoms with Crippen molar-refractivity contribution in [2.45, 2.75) is 72.2 Å². The smallest absolute Gasteiger partial charge is 0.309 e. The van der Waals surface area contributed by atoms with Gasteiger partial charge in [-0.05, 0) is 31.0 Å². The summed E-state index contributed by atoms with van der Waals surface area (Å²) >= 11 is 0. The molecule has 0 bridgehead atoms. The second-order valence-corrected chi connectivity index (χ2v) is 11.8. The Labute approximate surface area is 125 Å². The molecule has 0 saturated heterocycles. The zero-order valence-electron chi connectivity index (χ0n) is 14.4. The number of carbonyl (C=O) groups excluding carboxylic acids is 1. The van der Waals surface area contributed by atoms with Crippen LogP contribution in [-0.4, -0.2) is 27.0 Å². The molecule has 0 spiro atoms. The van der Waals surface area contributed by atoms with Crippen molar-refractivity contribution in [3.05, 3.63) is 12.2 Å². The summed E-state index contributed by atoms with van der Waals surface area (Å²) in [6.07, 6.45) is 4.26. The van der Waals surface area contributed by atoms with Crippen LogP contribution in [0.1, 0.15) is 48.0 Å². The molecule has 20 heavy (non-hydrogen) atoms. The third-order valence-electron chi connectivity index (χ3n) is 3.81. The average molecular weight is 301 g/mol. The van der Waals surface area contributed by atoms with Gasteiger partial charge in [0.1, 0.15) is 0 Å². The topological polar surface area (TPSA) is 35.5 Å². The second-order valence-electron chi connectivity index (χ2n) is 7.02. The van der Waals surface area contributed by atoms with E-state index in [4.69, 9.17) is 9.16 Å². The van der Waals surface area contributed by atoms with Crippen molar-refractivity contribution in [1.82, 2.24) is 0 Å². The summed E-state index contributed by atoms with van der Waals surface area (Å²) in [5, 5.41) is 0.190. The summed E-state index contributed by atoms with van der Waals surface area (Å²) in [5.41, 5.74) is 0. The second kappa shape index (κ2) is 7.98. The largest absolute Gasteiger partial charge is 0.466 e. The molecule has 0 saturated carbocycles. The minimum Gasteiger partial charge on any atom is -0.466 e. The zero-order valence-corrected chi connectivity index (χ0v) is 15.4. The molecule has 3 nitrogen and oxygen atoms in total. The van der Waals surface area contributed by atoms with Crippen LogP contribution in [-0.2, 0) is 14.0 Å². The van der Waals surface area contributed by atoms with Gasteiger partial charge < -0.3 is 9.16 Å². The average Bonchev–Trinajstić information content (AvgIpc) is 2.26. The van der Waals surface area contributed by atoms with Gasteiger partial charge in [-0.3, -0.25) is 4.79 Å². The lowest BCUT2D eigenvalue weighted by molar-refractivity contribution is -0.142. The molecule has 0 fully saturated rings. The van der Waals surface area contributed by atoms with Crippen LogP contribution in [0.5, 0.6) is 0 Å². The minimum atomic E-state index is -1.79. The number of hydrogen-bond donors (Lipinski definition) is 0. The molecule has 0 aromatic rings. The van der Waals surface area contributed by atoms with E-state index in [9.17, 15) is 4.79 Å². The van der Waals surface area contributed by atoms with E-state index in [-0.39, 0.29) is 17.1 Å². The fraction of sp³-hybridized carbons (Fsp3) is 0.812. The molecule has 1 atom stereocenters. The van der Waals surface area contributed by atoms with Crippen molar-refractivity contribution in [2.24, 2.45) is 5.92 Å². The lowest BCUT2D eigenvalue weighted by atomic mass is 10.1. The van der Waals surface area contributed by atoms with E-state index in [1.807, 2.05) is 19.1 Å². The van der Waals surface area contributed by atoms with Gasteiger partial charge in [0.05, 0.1) is 19.1 Å². The van der Waals surface area contributed by atoms with Gasteiger partial charge in [-0.1, -0.05) is 46.8 Å². The van der Waals surface area contributed by atoms with Crippen LogP contribution in [0.4, 0.5) is 0 Å². The quantitative estimate of drug-likeness (QED) is 0.393. The predicted molar refractivity (Wildman–Crippen MR) is 87.3 cm³/mol. The SMILES string of the molecule is CCOC(=O)C/C=C/[C@@H](O[Si](C)(C)C(C)(C)C)C(C)C. The maximum atomic E-state index is 11.3. The first-order chi connectivity index (χ1) is 9.01. The molecule has 0 aromatic carbocycles. The van der Waals surface area contributed by atoms with Crippen molar-refractivity contribution in [2.75, 3.05) is 6.61 Å². The molecule has 0 radical (unpaired) electrons. The number of ether oxygens (including phenoxy) is 1. The molecule has 0 amide bonds. The van der Waals surface area contributed by atoms with E-state index < -0.39 is 8.32 Å².